The summed E-state index contributed by atoms with van der Waals surface area (Å²) in [5.41, 5.74) is 0.458. The van der Waals surface area contributed by atoms with E-state index in [0.29, 0.717) is 15.9 Å². The zero-order chi connectivity index (χ0) is 13.7. The van der Waals surface area contributed by atoms with Crippen molar-refractivity contribution in [2.45, 2.75) is 4.90 Å². The largest absolute Gasteiger partial charge is 0.325 e. The lowest BCUT2D eigenvalue weighted by atomic mass is 10.3. The van der Waals surface area contributed by atoms with Crippen LogP contribution >= 0.6 is 27.7 Å². The van der Waals surface area contributed by atoms with Crippen LogP contribution in [0.2, 0.25) is 0 Å². The Labute approximate surface area is 123 Å². The van der Waals surface area contributed by atoms with Gasteiger partial charge in [-0.2, -0.15) is 0 Å². The molecule has 0 radical (unpaired) electrons. The minimum atomic E-state index is -0.395. The van der Waals surface area contributed by atoms with Crippen LogP contribution in [0.1, 0.15) is 0 Å². The minimum absolute atomic E-state index is 0.157. The number of anilines is 1. The van der Waals surface area contributed by atoms with Gasteiger partial charge in [-0.1, -0.05) is 18.2 Å². The molecule has 2 aromatic carbocycles. The summed E-state index contributed by atoms with van der Waals surface area (Å²) in [7, 11) is 0. The van der Waals surface area contributed by atoms with Gasteiger partial charge in [-0.25, -0.2) is 4.39 Å². The second kappa shape index (κ2) is 6.73. The van der Waals surface area contributed by atoms with Crippen LogP contribution in [0.25, 0.3) is 0 Å². The summed E-state index contributed by atoms with van der Waals surface area (Å²) in [6, 6.07) is 14.2. The van der Waals surface area contributed by atoms with E-state index in [2.05, 4.69) is 21.2 Å². The van der Waals surface area contributed by atoms with Crippen molar-refractivity contribution in [3.05, 3.63) is 58.8 Å². The fourth-order valence-electron chi connectivity index (χ4n) is 1.44. The molecule has 0 aliphatic carbocycles. The summed E-state index contributed by atoms with van der Waals surface area (Å²) in [5, 5.41) is 2.66. The molecule has 0 aromatic heterocycles. The first-order valence-electron chi connectivity index (χ1n) is 5.58. The Morgan fingerprint density at radius 3 is 2.63 bits per heavy atom. The molecule has 0 saturated heterocycles. The maximum absolute atomic E-state index is 13.3. The predicted molar refractivity (Wildman–Crippen MR) is 79.9 cm³/mol. The van der Waals surface area contributed by atoms with Crippen LogP contribution in [-0.4, -0.2) is 11.7 Å². The molecule has 0 aliphatic heterocycles. The zero-order valence-corrected chi connectivity index (χ0v) is 12.3. The van der Waals surface area contributed by atoms with Gasteiger partial charge >= 0.3 is 0 Å². The average molecular weight is 340 g/mol. The summed E-state index contributed by atoms with van der Waals surface area (Å²) >= 11 is 4.51. The Bertz CT molecular complexity index is 577. The monoisotopic (exact) mass is 339 g/mol. The smallest absolute Gasteiger partial charge is 0.234 e. The standard InChI is InChI=1S/C14H11BrFNOS/c15-12-7-6-10(8-13(12)16)17-14(18)9-19-11-4-2-1-3-5-11/h1-8H,9H2,(H,17,18). The van der Waals surface area contributed by atoms with E-state index in [1.54, 1.807) is 12.1 Å². The second-order valence-corrected chi connectivity index (χ2v) is 5.68. The molecule has 0 saturated carbocycles. The number of halogens is 2. The van der Waals surface area contributed by atoms with Crippen LogP contribution in [-0.2, 0) is 4.79 Å². The number of amides is 1. The first kappa shape index (κ1) is 14.1. The summed E-state index contributed by atoms with van der Waals surface area (Å²) < 4.78 is 13.7. The molecule has 19 heavy (non-hydrogen) atoms. The molecule has 1 amide bonds. The number of benzene rings is 2. The van der Waals surface area contributed by atoms with E-state index in [1.807, 2.05) is 30.3 Å². The number of nitrogens with one attached hydrogen (secondary N) is 1. The molecular weight excluding hydrogens is 329 g/mol. The Hall–Kier alpha value is -1.33. The maximum atomic E-state index is 13.3. The van der Waals surface area contributed by atoms with E-state index in [-0.39, 0.29) is 5.91 Å². The van der Waals surface area contributed by atoms with Crippen molar-refractivity contribution in [2.75, 3.05) is 11.1 Å². The normalized spacial score (nSPS) is 10.2. The van der Waals surface area contributed by atoms with Gasteiger partial charge in [0.1, 0.15) is 5.82 Å². The van der Waals surface area contributed by atoms with Gasteiger partial charge in [0.15, 0.2) is 0 Å². The van der Waals surface area contributed by atoms with Crippen LogP contribution in [0.4, 0.5) is 10.1 Å². The third-order valence-corrected chi connectivity index (χ3v) is 3.97. The van der Waals surface area contributed by atoms with Crippen molar-refractivity contribution in [2.24, 2.45) is 0 Å². The summed E-state index contributed by atoms with van der Waals surface area (Å²) in [6.07, 6.45) is 0. The maximum Gasteiger partial charge on any atom is 0.234 e. The molecular formula is C14H11BrFNOS. The number of carbonyl (C=O) groups is 1. The summed E-state index contributed by atoms with van der Waals surface area (Å²) in [4.78, 5) is 12.7. The van der Waals surface area contributed by atoms with Gasteiger partial charge in [-0.05, 0) is 46.3 Å². The molecule has 0 spiro atoms. The third kappa shape index (κ3) is 4.36. The van der Waals surface area contributed by atoms with Gasteiger partial charge in [0.05, 0.1) is 10.2 Å². The van der Waals surface area contributed by atoms with Crippen molar-refractivity contribution in [3.8, 4) is 0 Å². The fourth-order valence-corrected chi connectivity index (χ4v) is 2.40. The van der Waals surface area contributed by atoms with Crippen LogP contribution in [0.15, 0.2) is 57.9 Å². The van der Waals surface area contributed by atoms with Gasteiger partial charge in [-0.15, -0.1) is 11.8 Å². The summed E-state index contributed by atoms with van der Waals surface area (Å²) in [6.45, 7) is 0. The van der Waals surface area contributed by atoms with Gasteiger partial charge in [-0.3, -0.25) is 4.79 Å². The number of carbonyl (C=O) groups excluding carboxylic acids is 1. The quantitative estimate of drug-likeness (QED) is 0.840. The Kier molecular flexibility index (Phi) is 4.99. The Morgan fingerprint density at radius 2 is 1.95 bits per heavy atom. The van der Waals surface area contributed by atoms with E-state index in [1.165, 1.54) is 17.8 Å². The second-order valence-electron chi connectivity index (χ2n) is 3.78. The molecule has 2 aromatic rings. The lowest BCUT2D eigenvalue weighted by molar-refractivity contribution is -0.113. The third-order valence-electron chi connectivity index (χ3n) is 2.32. The highest BCUT2D eigenvalue weighted by Crippen LogP contribution is 2.20. The van der Waals surface area contributed by atoms with E-state index < -0.39 is 5.82 Å². The van der Waals surface area contributed by atoms with Crippen LogP contribution in [0.5, 0.6) is 0 Å². The molecule has 2 nitrogen and oxygen atoms in total. The van der Waals surface area contributed by atoms with Crippen molar-refractivity contribution in [1.82, 2.24) is 0 Å². The van der Waals surface area contributed by atoms with Crippen LogP contribution in [0, 0.1) is 5.82 Å². The molecule has 2 rings (SSSR count). The molecule has 0 bridgehead atoms. The SMILES string of the molecule is O=C(CSc1ccccc1)Nc1ccc(Br)c(F)c1. The van der Waals surface area contributed by atoms with E-state index in [4.69, 9.17) is 0 Å². The fraction of sp³-hybridized carbons (Fsp3) is 0.0714. The lowest BCUT2D eigenvalue weighted by Crippen LogP contribution is -2.14. The van der Waals surface area contributed by atoms with Crippen molar-refractivity contribution < 1.29 is 9.18 Å². The minimum Gasteiger partial charge on any atom is -0.325 e. The molecule has 0 fully saturated rings. The first-order valence-corrected chi connectivity index (χ1v) is 7.36. The molecule has 0 unspecified atom stereocenters. The molecule has 5 heteroatoms. The number of thioether (sulfide) groups is 1. The number of hydrogen-bond donors (Lipinski definition) is 1. The van der Waals surface area contributed by atoms with Crippen molar-refractivity contribution >= 4 is 39.3 Å². The zero-order valence-electron chi connectivity index (χ0n) is 9.90. The highest BCUT2D eigenvalue weighted by Gasteiger charge is 2.05. The molecule has 1 N–H and O–H groups in total. The molecule has 0 aliphatic rings. The summed E-state index contributed by atoms with van der Waals surface area (Å²) in [5.74, 6) is -0.258. The van der Waals surface area contributed by atoms with E-state index in [9.17, 15) is 9.18 Å². The molecule has 0 heterocycles. The predicted octanol–water partition coefficient (Wildman–Crippen LogP) is 4.32. The van der Waals surface area contributed by atoms with E-state index in [0.717, 1.165) is 4.90 Å². The average Bonchev–Trinajstić information content (AvgIpc) is 2.42. The van der Waals surface area contributed by atoms with Crippen LogP contribution in [0.3, 0.4) is 0 Å². The highest BCUT2D eigenvalue weighted by atomic mass is 79.9. The number of rotatable bonds is 4. The topological polar surface area (TPSA) is 29.1 Å². The van der Waals surface area contributed by atoms with Crippen molar-refractivity contribution in [1.29, 1.82) is 0 Å². The first-order chi connectivity index (χ1) is 9.15. The van der Waals surface area contributed by atoms with Gasteiger partial charge in [0, 0.05) is 10.6 Å². The van der Waals surface area contributed by atoms with Crippen molar-refractivity contribution in [3.63, 3.8) is 0 Å². The van der Waals surface area contributed by atoms with Gasteiger partial charge < -0.3 is 5.32 Å². The highest BCUT2D eigenvalue weighted by molar-refractivity contribution is 9.10. The van der Waals surface area contributed by atoms with E-state index >= 15 is 0 Å². The lowest BCUT2D eigenvalue weighted by Gasteiger charge is -2.06. The number of hydrogen-bond acceptors (Lipinski definition) is 2. The molecule has 98 valence electrons. The molecule has 0 atom stereocenters. The van der Waals surface area contributed by atoms with Gasteiger partial charge in [0.2, 0.25) is 5.91 Å². The Morgan fingerprint density at radius 1 is 1.21 bits per heavy atom. The van der Waals surface area contributed by atoms with Gasteiger partial charge in [0.25, 0.3) is 0 Å². The Balaban J connectivity index is 1.89. The van der Waals surface area contributed by atoms with Crippen LogP contribution < -0.4 is 5.32 Å².